The van der Waals surface area contributed by atoms with Crippen molar-refractivity contribution < 1.29 is 0 Å². The van der Waals surface area contributed by atoms with Gasteiger partial charge < -0.3 is 5.32 Å². The smallest absolute Gasteiger partial charge is 0.0897 e. The summed E-state index contributed by atoms with van der Waals surface area (Å²) in [5, 5.41) is 4.68. The Labute approximate surface area is 93.5 Å². The van der Waals surface area contributed by atoms with Gasteiger partial charge in [0.05, 0.1) is 5.01 Å². The molecule has 0 radical (unpaired) electrons. The van der Waals surface area contributed by atoms with Crippen molar-refractivity contribution in [1.29, 1.82) is 0 Å². The van der Waals surface area contributed by atoms with Gasteiger partial charge in [-0.1, -0.05) is 0 Å². The van der Waals surface area contributed by atoms with Crippen LogP contribution in [0.25, 0.3) is 0 Å². The van der Waals surface area contributed by atoms with Gasteiger partial charge in [-0.05, 0) is 26.0 Å². The maximum absolute atomic E-state index is 4.24. The Morgan fingerprint density at radius 2 is 2.43 bits per heavy atom. The summed E-state index contributed by atoms with van der Waals surface area (Å²) in [6.07, 6.45) is 6.95. The van der Waals surface area contributed by atoms with Crippen LogP contribution in [0.2, 0.25) is 0 Å². The maximum Gasteiger partial charge on any atom is 0.0897 e. The predicted octanol–water partition coefficient (Wildman–Crippen LogP) is 2.44. The van der Waals surface area contributed by atoms with E-state index in [4.69, 9.17) is 0 Å². The maximum atomic E-state index is 4.24. The molecule has 0 amide bonds. The van der Waals surface area contributed by atoms with E-state index in [1.54, 1.807) is 11.3 Å². The fourth-order valence-electron chi connectivity index (χ4n) is 1.49. The Kier molecular flexibility index (Phi) is 3.14. The van der Waals surface area contributed by atoms with Crippen molar-refractivity contribution in [3.05, 3.63) is 16.1 Å². The van der Waals surface area contributed by atoms with E-state index in [2.05, 4.69) is 23.5 Å². The Morgan fingerprint density at radius 3 is 2.93 bits per heavy atom. The topological polar surface area (TPSA) is 24.9 Å². The number of thiazole rings is 1. The summed E-state index contributed by atoms with van der Waals surface area (Å²) in [6, 6.07) is 0. The summed E-state index contributed by atoms with van der Waals surface area (Å²) in [7, 11) is 0. The predicted molar refractivity (Wildman–Crippen MR) is 64.0 cm³/mol. The molecule has 1 aliphatic carbocycles. The molecule has 0 aromatic carbocycles. The standard InChI is InChI=1S/C10H16N2S2/c1-8-12-6-9(14-8)5-11-7-10(13-2)3-4-10/h6,11H,3-5,7H2,1-2H3. The van der Waals surface area contributed by atoms with Crippen LogP contribution in [0.5, 0.6) is 0 Å². The van der Waals surface area contributed by atoms with Crippen LogP contribution in [0.4, 0.5) is 0 Å². The first-order valence-corrected chi connectivity index (χ1v) is 6.95. The van der Waals surface area contributed by atoms with Crippen LogP contribution in [0.1, 0.15) is 22.7 Å². The summed E-state index contributed by atoms with van der Waals surface area (Å²) in [6.45, 7) is 4.18. The van der Waals surface area contributed by atoms with Gasteiger partial charge in [0, 0.05) is 28.9 Å². The van der Waals surface area contributed by atoms with Gasteiger partial charge in [-0.25, -0.2) is 4.98 Å². The fourth-order valence-corrected chi connectivity index (χ4v) is 3.01. The summed E-state index contributed by atoms with van der Waals surface area (Å²) < 4.78 is 0.569. The second kappa shape index (κ2) is 4.21. The van der Waals surface area contributed by atoms with Gasteiger partial charge >= 0.3 is 0 Å². The lowest BCUT2D eigenvalue weighted by molar-refractivity contribution is 0.668. The Balaban J connectivity index is 1.73. The quantitative estimate of drug-likeness (QED) is 0.838. The van der Waals surface area contributed by atoms with E-state index in [1.165, 1.54) is 17.7 Å². The van der Waals surface area contributed by atoms with E-state index in [-0.39, 0.29) is 0 Å². The SMILES string of the molecule is CSC1(CNCc2cnc(C)s2)CC1. The zero-order valence-electron chi connectivity index (χ0n) is 8.67. The number of aryl methyl sites for hydroxylation is 1. The van der Waals surface area contributed by atoms with E-state index >= 15 is 0 Å². The number of aromatic nitrogens is 1. The number of hydrogen-bond acceptors (Lipinski definition) is 4. The number of nitrogens with zero attached hydrogens (tertiary/aromatic N) is 1. The van der Waals surface area contributed by atoms with Gasteiger partial charge in [0.25, 0.3) is 0 Å². The molecule has 4 heteroatoms. The van der Waals surface area contributed by atoms with Crippen molar-refractivity contribution in [3.63, 3.8) is 0 Å². The zero-order valence-corrected chi connectivity index (χ0v) is 10.3. The number of hydrogen-bond donors (Lipinski definition) is 1. The lowest BCUT2D eigenvalue weighted by atomic mass is 10.4. The molecule has 78 valence electrons. The summed E-state index contributed by atoms with van der Waals surface area (Å²) in [5.74, 6) is 0. The lowest BCUT2D eigenvalue weighted by Crippen LogP contribution is -2.25. The van der Waals surface area contributed by atoms with E-state index in [0.717, 1.165) is 18.1 Å². The molecule has 2 nitrogen and oxygen atoms in total. The third kappa shape index (κ3) is 2.49. The monoisotopic (exact) mass is 228 g/mol. The van der Waals surface area contributed by atoms with Crippen LogP contribution in [0, 0.1) is 6.92 Å². The highest BCUT2D eigenvalue weighted by Crippen LogP contribution is 2.46. The molecule has 1 aromatic heterocycles. The van der Waals surface area contributed by atoms with Crippen LogP contribution >= 0.6 is 23.1 Å². The molecule has 1 aliphatic rings. The fraction of sp³-hybridized carbons (Fsp3) is 0.700. The molecule has 0 aliphatic heterocycles. The van der Waals surface area contributed by atoms with Crippen LogP contribution in [-0.4, -0.2) is 22.5 Å². The van der Waals surface area contributed by atoms with Crippen LogP contribution < -0.4 is 5.32 Å². The first-order chi connectivity index (χ1) is 6.74. The van der Waals surface area contributed by atoms with E-state index in [1.807, 2.05) is 18.0 Å². The van der Waals surface area contributed by atoms with Crippen molar-refractivity contribution >= 4 is 23.1 Å². The Bertz CT molecular complexity index is 305. The Hall–Kier alpha value is -0.0600. The molecule has 0 spiro atoms. The van der Waals surface area contributed by atoms with Gasteiger partial charge in [0.15, 0.2) is 0 Å². The second-order valence-corrected chi connectivity index (χ2v) is 6.43. The van der Waals surface area contributed by atoms with Crippen LogP contribution in [0.3, 0.4) is 0 Å². The molecule has 1 aromatic rings. The van der Waals surface area contributed by atoms with Crippen molar-refractivity contribution in [3.8, 4) is 0 Å². The summed E-state index contributed by atoms with van der Waals surface area (Å²) in [5.41, 5.74) is 0. The second-order valence-electron chi connectivity index (χ2n) is 3.84. The van der Waals surface area contributed by atoms with Crippen molar-refractivity contribution in [2.45, 2.75) is 31.1 Å². The van der Waals surface area contributed by atoms with Crippen molar-refractivity contribution in [2.75, 3.05) is 12.8 Å². The van der Waals surface area contributed by atoms with Gasteiger partial charge in [0.1, 0.15) is 0 Å². The van der Waals surface area contributed by atoms with Crippen LogP contribution in [0.15, 0.2) is 6.20 Å². The largest absolute Gasteiger partial charge is 0.310 e. The van der Waals surface area contributed by atoms with Crippen molar-refractivity contribution in [2.24, 2.45) is 0 Å². The number of thioether (sulfide) groups is 1. The van der Waals surface area contributed by atoms with E-state index in [0.29, 0.717) is 4.75 Å². The minimum atomic E-state index is 0.569. The van der Waals surface area contributed by atoms with Gasteiger partial charge in [-0.3, -0.25) is 0 Å². The third-order valence-corrected chi connectivity index (χ3v) is 4.99. The average molecular weight is 228 g/mol. The normalized spacial score (nSPS) is 18.4. The zero-order chi connectivity index (χ0) is 10.0. The molecular formula is C10H16N2S2. The molecule has 1 heterocycles. The molecule has 1 saturated carbocycles. The number of nitrogens with one attached hydrogen (secondary N) is 1. The molecule has 0 bridgehead atoms. The number of rotatable bonds is 5. The molecule has 0 unspecified atom stereocenters. The van der Waals surface area contributed by atoms with E-state index in [9.17, 15) is 0 Å². The summed E-state index contributed by atoms with van der Waals surface area (Å²) >= 11 is 3.79. The van der Waals surface area contributed by atoms with Crippen LogP contribution in [-0.2, 0) is 6.54 Å². The van der Waals surface area contributed by atoms with Gasteiger partial charge in [-0.2, -0.15) is 11.8 Å². The summed E-state index contributed by atoms with van der Waals surface area (Å²) in [4.78, 5) is 5.59. The van der Waals surface area contributed by atoms with Gasteiger partial charge in [-0.15, -0.1) is 11.3 Å². The molecular weight excluding hydrogens is 212 g/mol. The minimum Gasteiger partial charge on any atom is -0.310 e. The highest BCUT2D eigenvalue weighted by molar-refractivity contribution is 8.00. The molecule has 2 rings (SSSR count). The molecule has 0 atom stereocenters. The third-order valence-electron chi connectivity index (χ3n) is 2.66. The molecule has 0 saturated heterocycles. The highest BCUT2D eigenvalue weighted by Gasteiger charge is 2.41. The van der Waals surface area contributed by atoms with E-state index < -0.39 is 0 Å². The molecule has 1 N–H and O–H groups in total. The lowest BCUT2D eigenvalue weighted by Gasteiger charge is -2.11. The Morgan fingerprint density at radius 1 is 1.64 bits per heavy atom. The minimum absolute atomic E-state index is 0.569. The highest BCUT2D eigenvalue weighted by atomic mass is 32.2. The van der Waals surface area contributed by atoms with Gasteiger partial charge in [0.2, 0.25) is 0 Å². The molecule has 1 fully saturated rings. The average Bonchev–Trinajstić information content (AvgIpc) is 2.84. The first-order valence-electron chi connectivity index (χ1n) is 4.91. The van der Waals surface area contributed by atoms with Crippen molar-refractivity contribution in [1.82, 2.24) is 10.3 Å². The first kappa shape index (κ1) is 10.5. The molecule has 14 heavy (non-hydrogen) atoms.